The molecule has 1 unspecified atom stereocenters. The summed E-state index contributed by atoms with van der Waals surface area (Å²) in [5.41, 5.74) is 5.46. The zero-order valence-corrected chi connectivity index (χ0v) is 19.0. The largest absolute Gasteiger partial charge is 0.454 e. The van der Waals surface area contributed by atoms with Gasteiger partial charge in [-0.2, -0.15) is 0 Å². The Bertz CT molecular complexity index is 1260. The first-order valence-electron chi connectivity index (χ1n) is 11.7. The molecule has 0 bridgehead atoms. The molecule has 1 saturated heterocycles. The van der Waals surface area contributed by atoms with Crippen LogP contribution in [0.5, 0.6) is 0 Å². The van der Waals surface area contributed by atoms with Crippen molar-refractivity contribution in [3.05, 3.63) is 94.6 Å². The number of ether oxygens (including phenoxy) is 1. The average Bonchev–Trinajstić information content (AvgIpc) is 3.37. The molecule has 0 radical (unpaired) electrons. The Hall–Kier alpha value is -2.78. The standard InChI is InChI=1S/C29H27O2S/c30-29(28-22-11-3-1-9-20(22)19-21-10-2-4-12-23(21)28)31-26-15-16-27(32-17-7-8-18-32)25-14-6-5-13-24(25)26/h1,3-6,9,11-14,16,19,26H,2,7-8,10,15,17-18H2/q+1. The summed E-state index contributed by atoms with van der Waals surface area (Å²) in [7, 11) is 0.352. The molecule has 0 aromatic heterocycles. The number of carbonyl (C=O) groups excluding carboxylic acids is 1. The van der Waals surface area contributed by atoms with Crippen LogP contribution in [0.1, 0.15) is 64.4 Å². The van der Waals surface area contributed by atoms with Gasteiger partial charge in [-0.15, -0.1) is 0 Å². The quantitative estimate of drug-likeness (QED) is 0.329. The summed E-state index contributed by atoms with van der Waals surface area (Å²) in [6.07, 6.45) is 11.8. The van der Waals surface area contributed by atoms with Crippen LogP contribution < -0.4 is 0 Å². The zero-order valence-electron chi connectivity index (χ0n) is 18.2. The van der Waals surface area contributed by atoms with Crippen LogP contribution in [0.3, 0.4) is 0 Å². The van der Waals surface area contributed by atoms with Gasteiger partial charge < -0.3 is 4.74 Å². The van der Waals surface area contributed by atoms with E-state index in [0.29, 0.717) is 10.9 Å². The highest BCUT2D eigenvalue weighted by Crippen LogP contribution is 2.41. The molecule has 2 nitrogen and oxygen atoms in total. The highest BCUT2D eigenvalue weighted by atomic mass is 32.2. The molecule has 6 rings (SSSR count). The Balaban J connectivity index is 1.38. The van der Waals surface area contributed by atoms with Crippen molar-refractivity contribution < 1.29 is 9.53 Å². The van der Waals surface area contributed by atoms with E-state index in [0.717, 1.165) is 41.2 Å². The second-order valence-electron chi connectivity index (χ2n) is 8.88. The lowest BCUT2D eigenvalue weighted by Crippen LogP contribution is -2.19. The van der Waals surface area contributed by atoms with E-state index in [1.165, 1.54) is 45.9 Å². The third-order valence-electron chi connectivity index (χ3n) is 6.93. The van der Waals surface area contributed by atoms with Crippen LogP contribution in [0.15, 0.2) is 66.7 Å². The number of hydrogen-bond donors (Lipinski definition) is 0. The van der Waals surface area contributed by atoms with Crippen molar-refractivity contribution in [3.63, 3.8) is 0 Å². The van der Waals surface area contributed by atoms with Gasteiger partial charge in [0.2, 0.25) is 0 Å². The minimum absolute atomic E-state index is 0.204. The highest BCUT2D eigenvalue weighted by molar-refractivity contribution is 8.05. The summed E-state index contributed by atoms with van der Waals surface area (Å²) in [5.74, 6) is 2.41. The minimum Gasteiger partial charge on any atom is -0.454 e. The third kappa shape index (κ3) is 3.40. The summed E-state index contributed by atoms with van der Waals surface area (Å²) < 4.78 is 6.27. The van der Waals surface area contributed by atoms with Gasteiger partial charge in [-0.25, -0.2) is 4.79 Å². The molecule has 3 aromatic rings. The SMILES string of the molecule is O=C(OC1CC=C([S+]2CCCC2)c2ccccc21)c1c2c(cc3ccccc13)CCC=C2. The molecule has 0 N–H and O–H groups in total. The van der Waals surface area contributed by atoms with Crippen LogP contribution in [-0.4, -0.2) is 17.5 Å². The predicted molar refractivity (Wildman–Crippen MR) is 135 cm³/mol. The maximum atomic E-state index is 13.7. The number of allylic oxidation sites excluding steroid dienone is 1. The van der Waals surface area contributed by atoms with Crippen molar-refractivity contribution in [1.29, 1.82) is 0 Å². The van der Waals surface area contributed by atoms with E-state index < -0.39 is 0 Å². The molecule has 0 spiro atoms. The van der Waals surface area contributed by atoms with E-state index in [4.69, 9.17) is 4.74 Å². The number of hydrogen-bond acceptors (Lipinski definition) is 2. The van der Waals surface area contributed by atoms with Gasteiger partial charge in [0.05, 0.1) is 5.56 Å². The van der Waals surface area contributed by atoms with Gasteiger partial charge in [-0.1, -0.05) is 60.7 Å². The summed E-state index contributed by atoms with van der Waals surface area (Å²) in [4.78, 5) is 15.2. The number of carbonyl (C=O) groups is 1. The van der Waals surface area contributed by atoms with Crippen molar-refractivity contribution in [2.24, 2.45) is 0 Å². The Kier molecular flexibility index (Phi) is 5.15. The van der Waals surface area contributed by atoms with Gasteiger partial charge in [0.15, 0.2) is 4.91 Å². The molecule has 1 heterocycles. The van der Waals surface area contributed by atoms with E-state index in [1.54, 1.807) is 0 Å². The van der Waals surface area contributed by atoms with Crippen molar-refractivity contribution in [2.75, 3.05) is 11.5 Å². The predicted octanol–water partition coefficient (Wildman–Crippen LogP) is 6.85. The molecule has 0 saturated carbocycles. The van der Waals surface area contributed by atoms with Gasteiger partial charge in [0.25, 0.3) is 0 Å². The molecule has 3 aromatic carbocycles. The van der Waals surface area contributed by atoms with Gasteiger partial charge in [-0.05, 0) is 59.7 Å². The fourth-order valence-electron chi connectivity index (χ4n) is 5.38. The summed E-state index contributed by atoms with van der Waals surface area (Å²) in [5, 5.41) is 2.10. The van der Waals surface area contributed by atoms with E-state index in [9.17, 15) is 4.79 Å². The fourth-order valence-corrected chi connectivity index (χ4v) is 7.96. The van der Waals surface area contributed by atoms with Crippen molar-refractivity contribution >= 4 is 38.6 Å². The molecule has 1 atom stereocenters. The molecule has 32 heavy (non-hydrogen) atoms. The van der Waals surface area contributed by atoms with E-state index in [-0.39, 0.29) is 12.1 Å². The number of fused-ring (bicyclic) bond motifs is 3. The lowest BCUT2D eigenvalue weighted by atomic mass is 9.88. The molecule has 1 aliphatic heterocycles. The van der Waals surface area contributed by atoms with Crippen LogP contribution >= 0.6 is 0 Å². The van der Waals surface area contributed by atoms with Crippen LogP contribution in [0.2, 0.25) is 0 Å². The van der Waals surface area contributed by atoms with Gasteiger partial charge in [-0.3, -0.25) is 0 Å². The van der Waals surface area contributed by atoms with Crippen LogP contribution in [0.25, 0.3) is 21.8 Å². The Morgan fingerprint density at radius 1 is 1.00 bits per heavy atom. The van der Waals surface area contributed by atoms with Gasteiger partial charge in [0, 0.05) is 28.4 Å². The Labute approximate surface area is 192 Å². The lowest BCUT2D eigenvalue weighted by molar-refractivity contribution is 0.0302. The van der Waals surface area contributed by atoms with Gasteiger partial charge >= 0.3 is 5.97 Å². The summed E-state index contributed by atoms with van der Waals surface area (Å²) in [6, 6.07) is 19.0. The average molecular weight is 440 g/mol. The van der Waals surface area contributed by atoms with Crippen molar-refractivity contribution in [3.8, 4) is 0 Å². The van der Waals surface area contributed by atoms with E-state index in [1.807, 2.05) is 18.2 Å². The van der Waals surface area contributed by atoms with Crippen LogP contribution in [0, 0.1) is 0 Å². The monoisotopic (exact) mass is 439 g/mol. The molecule has 2 aliphatic carbocycles. The number of aryl methyl sites for hydroxylation is 1. The maximum Gasteiger partial charge on any atom is 0.340 e. The topological polar surface area (TPSA) is 26.3 Å². The van der Waals surface area contributed by atoms with Crippen LogP contribution in [-0.2, 0) is 22.1 Å². The molecule has 160 valence electrons. The van der Waals surface area contributed by atoms with Crippen LogP contribution in [0.4, 0.5) is 0 Å². The first kappa shape index (κ1) is 19.9. The first-order chi connectivity index (χ1) is 15.8. The zero-order chi connectivity index (χ0) is 21.5. The molecular formula is C29H27O2S+. The van der Waals surface area contributed by atoms with Crippen molar-refractivity contribution in [2.45, 2.75) is 38.2 Å². The molecule has 3 heteroatoms. The smallest absolute Gasteiger partial charge is 0.340 e. The summed E-state index contributed by atoms with van der Waals surface area (Å²) >= 11 is 0. The minimum atomic E-state index is -0.226. The normalized spacial score (nSPS) is 20.0. The Morgan fingerprint density at radius 3 is 2.72 bits per heavy atom. The summed E-state index contributed by atoms with van der Waals surface area (Å²) in [6.45, 7) is 0. The third-order valence-corrected chi connectivity index (χ3v) is 9.50. The van der Waals surface area contributed by atoms with Crippen molar-refractivity contribution in [1.82, 2.24) is 0 Å². The molecule has 0 amide bonds. The first-order valence-corrected chi connectivity index (χ1v) is 13.2. The second kappa shape index (κ2) is 8.29. The number of esters is 1. The molecule has 3 aliphatic rings. The number of benzene rings is 3. The fraction of sp³-hybridized carbons (Fsp3) is 0.276. The Morgan fingerprint density at radius 2 is 1.81 bits per heavy atom. The molecule has 1 fully saturated rings. The van der Waals surface area contributed by atoms with E-state index >= 15 is 0 Å². The highest BCUT2D eigenvalue weighted by Gasteiger charge is 2.36. The maximum absolute atomic E-state index is 13.7. The number of rotatable bonds is 3. The van der Waals surface area contributed by atoms with Gasteiger partial charge in [0.1, 0.15) is 17.6 Å². The lowest BCUT2D eigenvalue weighted by Gasteiger charge is -2.25. The molecular weight excluding hydrogens is 412 g/mol. The second-order valence-corrected chi connectivity index (χ2v) is 11.1. The van der Waals surface area contributed by atoms with E-state index in [2.05, 4.69) is 54.6 Å².